The topological polar surface area (TPSA) is 17.8 Å². The molecule has 0 saturated carbocycles. The third-order valence-electron chi connectivity index (χ3n) is 3.17. The zero-order valence-electron chi connectivity index (χ0n) is 10.9. The van der Waals surface area contributed by atoms with Gasteiger partial charge in [0, 0.05) is 6.07 Å². The number of fused-ring (bicyclic) bond motifs is 1. The number of halogens is 4. The van der Waals surface area contributed by atoms with Gasteiger partial charge in [-0.1, -0.05) is 23.7 Å². The molecule has 2 nitrogen and oxygen atoms in total. The molecule has 0 aliphatic carbocycles. The van der Waals surface area contributed by atoms with E-state index in [4.69, 9.17) is 23.2 Å². The van der Waals surface area contributed by atoms with Gasteiger partial charge in [0.25, 0.3) is 0 Å². The maximum Gasteiger partial charge on any atom is 0.139 e. The first-order valence-corrected chi connectivity index (χ1v) is 7.86. The Morgan fingerprint density at radius 1 is 1.29 bits per heavy atom. The lowest BCUT2D eigenvalue weighted by Crippen LogP contribution is -2.02. The molecule has 3 aromatic rings. The van der Waals surface area contributed by atoms with Gasteiger partial charge in [-0.25, -0.2) is 9.37 Å². The minimum absolute atomic E-state index is 0.337. The third-order valence-corrected chi connectivity index (χ3v) is 4.29. The average Bonchev–Trinajstić information content (AvgIpc) is 2.78. The van der Waals surface area contributed by atoms with Crippen LogP contribution in [0, 0.1) is 5.82 Å². The van der Waals surface area contributed by atoms with Crippen molar-refractivity contribution in [2.45, 2.75) is 12.3 Å². The standard InChI is InChI=1S/C15H10BrCl2FN2/c1-8(17)15-20-12-6-9(16)11(19)7-14(12)21(15)13-5-3-2-4-10(13)18/h2-8H,1H3. The fraction of sp³-hybridized carbons (Fsp3) is 0.133. The van der Waals surface area contributed by atoms with Gasteiger partial charge in [0.05, 0.1) is 31.6 Å². The van der Waals surface area contributed by atoms with E-state index in [2.05, 4.69) is 20.9 Å². The average molecular weight is 388 g/mol. The summed E-state index contributed by atoms with van der Waals surface area (Å²) >= 11 is 15.7. The maximum absolute atomic E-state index is 13.9. The Labute approximate surface area is 139 Å². The van der Waals surface area contributed by atoms with E-state index in [1.54, 1.807) is 16.7 Å². The molecule has 0 N–H and O–H groups in total. The lowest BCUT2D eigenvalue weighted by atomic mass is 10.2. The van der Waals surface area contributed by atoms with Gasteiger partial charge in [0.1, 0.15) is 11.6 Å². The molecule has 0 radical (unpaired) electrons. The maximum atomic E-state index is 13.9. The van der Waals surface area contributed by atoms with Crippen LogP contribution in [0.3, 0.4) is 0 Å². The summed E-state index contributed by atoms with van der Waals surface area (Å²) in [4.78, 5) is 4.51. The van der Waals surface area contributed by atoms with E-state index in [1.807, 2.05) is 25.1 Å². The van der Waals surface area contributed by atoms with Crippen LogP contribution in [0.5, 0.6) is 0 Å². The predicted octanol–water partition coefficient (Wildman–Crippen LogP) is 5.88. The number of hydrogen-bond donors (Lipinski definition) is 0. The molecular formula is C15H10BrCl2FN2. The number of benzene rings is 2. The molecule has 1 aromatic heterocycles. The van der Waals surface area contributed by atoms with Gasteiger partial charge in [-0.15, -0.1) is 11.6 Å². The molecule has 1 heterocycles. The monoisotopic (exact) mass is 386 g/mol. The van der Waals surface area contributed by atoms with Gasteiger partial charge >= 0.3 is 0 Å². The molecule has 3 rings (SSSR count). The van der Waals surface area contributed by atoms with Crippen LogP contribution in [0.1, 0.15) is 18.1 Å². The lowest BCUT2D eigenvalue weighted by Gasteiger charge is -2.12. The van der Waals surface area contributed by atoms with Crippen LogP contribution in [0.2, 0.25) is 5.02 Å². The van der Waals surface area contributed by atoms with Crippen molar-refractivity contribution in [2.75, 3.05) is 0 Å². The van der Waals surface area contributed by atoms with E-state index in [1.165, 1.54) is 6.07 Å². The van der Waals surface area contributed by atoms with Gasteiger partial charge < -0.3 is 0 Å². The molecule has 0 saturated heterocycles. The highest BCUT2D eigenvalue weighted by Gasteiger charge is 2.19. The fourth-order valence-electron chi connectivity index (χ4n) is 2.24. The first-order valence-electron chi connectivity index (χ1n) is 6.25. The summed E-state index contributed by atoms with van der Waals surface area (Å²) < 4.78 is 16.1. The molecule has 21 heavy (non-hydrogen) atoms. The summed E-state index contributed by atoms with van der Waals surface area (Å²) in [5.41, 5.74) is 2.02. The van der Waals surface area contributed by atoms with Gasteiger partial charge in [0.2, 0.25) is 0 Å². The van der Waals surface area contributed by atoms with Crippen LogP contribution in [0.15, 0.2) is 40.9 Å². The van der Waals surface area contributed by atoms with E-state index in [0.717, 1.165) is 5.69 Å². The van der Waals surface area contributed by atoms with Crippen molar-refractivity contribution in [3.8, 4) is 5.69 Å². The Hall–Kier alpha value is -1.10. The van der Waals surface area contributed by atoms with Crippen LogP contribution >= 0.6 is 39.1 Å². The number of para-hydroxylation sites is 1. The number of aromatic nitrogens is 2. The van der Waals surface area contributed by atoms with Crippen molar-refractivity contribution >= 4 is 50.2 Å². The summed E-state index contributed by atoms with van der Waals surface area (Å²) in [5.74, 6) is 0.266. The highest BCUT2D eigenvalue weighted by molar-refractivity contribution is 9.10. The second-order valence-electron chi connectivity index (χ2n) is 4.63. The predicted molar refractivity (Wildman–Crippen MR) is 88.0 cm³/mol. The normalized spacial score (nSPS) is 12.8. The number of nitrogens with zero attached hydrogens (tertiary/aromatic N) is 2. The van der Waals surface area contributed by atoms with Crippen molar-refractivity contribution in [1.82, 2.24) is 9.55 Å². The molecule has 108 valence electrons. The number of rotatable bonds is 2. The van der Waals surface area contributed by atoms with Crippen molar-refractivity contribution < 1.29 is 4.39 Å². The molecule has 0 aliphatic heterocycles. The Morgan fingerprint density at radius 3 is 2.67 bits per heavy atom. The third kappa shape index (κ3) is 2.56. The first-order chi connectivity index (χ1) is 9.99. The van der Waals surface area contributed by atoms with Crippen LogP contribution in [-0.2, 0) is 0 Å². The molecule has 2 aromatic carbocycles. The smallest absolute Gasteiger partial charge is 0.139 e. The van der Waals surface area contributed by atoms with Crippen molar-refractivity contribution in [1.29, 1.82) is 0 Å². The molecule has 0 aliphatic rings. The van der Waals surface area contributed by atoms with E-state index >= 15 is 0 Å². The van der Waals surface area contributed by atoms with Gasteiger partial charge in [0.15, 0.2) is 0 Å². The zero-order chi connectivity index (χ0) is 15.1. The molecule has 0 amide bonds. The number of alkyl halides is 1. The quantitative estimate of drug-likeness (QED) is 0.502. The van der Waals surface area contributed by atoms with Crippen LogP contribution in [0.25, 0.3) is 16.7 Å². The second-order valence-corrected chi connectivity index (χ2v) is 6.54. The van der Waals surface area contributed by atoms with Crippen LogP contribution in [0.4, 0.5) is 4.39 Å². The van der Waals surface area contributed by atoms with E-state index in [9.17, 15) is 4.39 Å². The second kappa shape index (κ2) is 5.59. The highest BCUT2D eigenvalue weighted by Crippen LogP contribution is 2.33. The Bertz CT molecular complexity index is 830. The number of hydrogen-bond acceptors (Lipinski definition) is 1. The summed E-state index contributed by atoms with van der Waals surface area (Å²) in [6.07, 6.45) is 0. The van der Waals surface area contributed by atoms with Gasteiger partial charge in [-0.05, 0) is 41.1 Å². The number of imidazole rings is 1. The Morgan fingerprint density at radius 2 is 2.00 bits per heavy atom. The molecule has 6 heteroatoms. The zero-order valence-corrected chi connectivity index (χ0v) is 14.0. The summed E-state index contributed by atoms with van der Waals surface area (Å²) in [6, 6.07) is 10.4. The molecule has 1 atom stereocenters. The van der Waals surface area contributed by atoms with E-state index < -0.39 is 0 Å². The van der Waals surface area contributed by atoms with Crippen LogP contribution in [-0.4, -0.2) is 9.55 Å². The largest absolute Gasteiger partial charge is 0.293 e. The minimum atomic E-state index is -0.357. The summed E-state index contributed by atoms with van der Waals surface area (Å²) in [7, 11) is 0. The van der Waals surface area contributed by atoms with Crippen LogP contribution < -0.4 is 0 Å². The molecule has 0 bridgehead atoms. The van der Waals surface area contributed by atoms with E-state index in [0.29, 0.717) is 26.4 Å². The molecular weight excluding hydrogens is 378 g/mol. The summed E-state index contributed by atoms with van der Waals surface area (Å²) in [6.45, 7) is 1.82. The van der Waals surface area contributed by atoms with Crippen molar-refractivity contribution in [3.05, 3.63) is 57.5 Å². The Balaban J connectivity index is 2.41. The SMILES string of the molecule is CC(Cl)c1nc2cc(Br)c(F)cc2n1-c1ccccc1Cl. The molecule has 0 spiro atoms. The lowest BCUT2D eigenvalue weighted by molar-refractivity contribution is 0.622. The minimum Gasteiger partial charge on any atom is -0.293 e. The first kappa shape index (κ1) is 14.8. The summed E-state index contributed by atoms with van der Waals surface area (Å²) in [5, 5.41) is 0.217. The fourth-order valence-corrected chi connectivity index (χ4v) is 2.94. The van der Waals surface area contributed by atoms with Crippen molar-refractivity contribution in [2.24, 2.45) is 0 Å². The van der Waals surface area contributed by atoms with Crippen molar-refractivity contribution in [3.63, 3.8) is 0 Å². The van der Waals surface area contributed by atoms with E-state index in [-0.39, 0.29) is 11.2 Å². The highest BCUT2D eigenvalue weighted by atomic mass is 79.9. The van der Waals surface area contributed by atoms with Gasteiger partial charge in [-0.3, -0.25) is 4.57 Å². The molecule has 0 fully saturated rings. The molecule has 1 unspecified atom stereocenters. The van der Waals surface area contributed by atoms with Gasteiger partial charge in [-0.2, -0.15) is 0 Å². The Kier molecular flexibility index (Phi) is 3.95.